The number of hydrogen-bond acceptors (Lipinski definition) is 9. The van der Waals surface area contributed by atoms with E-state index in [2.05, 4.69) is 20.9 Å². The third kappa shape index (κ3) is 5.57. The molecule has 10 nitrogen and oxygen atoms in total. The van der Waals surface area contributed by atoms with Crippen LogP contribution in [0.4, 0.5) is 5.69 Å². The SMILES string of the molecule is COc1ccc(Br)cc1[C@H]1C(C(=O)OC(C)C)=C(C)N=c2s/c(=C\c3ccc(-c4cc([N+](=O)[O-])ccc4Cl)o3)c(=O)n21. The first-order chi connectivity index (χ1) is 20.0. The lowest BCUT2D eigenvalue weighted by Gasteiger charge is -2.26. The lowest BCUT2D eigenvalue weighted by atomic mass is 9.95. The van der Waals surface area contributed by atoms with Crippen LogP contribution in [0.5, 0.6) is 5.75 Å². The van der Waals surface area contributed by atoms with Crippen molar-refractivity contribution in [1.29, 1.82) is 0 Å². The molecule has 2 aromatic heterocycles. The van der Waals surface area contributed by atoms with Crippen molar-refractivity contribution in [1.82, 2.24) is 4.57 Å². The second-order valence-corrected chi connectivity index (χ2v) is 11.9. The number of allylic oxidation sites excluding steroid dienone is 1. The largest absolute Gasteiger partial charge is 0.496 e. The van der Waals surface area contributed by atoms with Gasteiger partial charge in [0.05, 0.1) is 39.0 Å². The van der Waals surface area contributed by atoms with Crippen molar-refractivity contribution in [3.63, 3.8) is 0 Å². The quantitative estimate of drug-likeness (QED) is 0.138. The summed E-state index contributed by atoms with van der Waals surface area (Å²) in [4.78, 5) is 43.0. The van der Waals surface area contributed by atoms with Gasteiger partial charge in [0.2, 0.25) is 0 Å². The third-order valence-corrected chi connectivity index (χ3v) is 8.20. The summed E-state index contributed by atoms with van der Waals surface area (Å²) in [5, 5.41) is 11.5. The molecule has 5 rings (SSSR count). The van der Waals surface area contributed by atoms with E-state index in [9.17, 15) is 19.7 Å². The first-order valence-corrected chi connectivity index (χ1v) is 14.6. The van der Waals surface area contributed by atoms with E-state index in [0.717, 1.165) is 15.8 Å². The van der Waals surface area contributed by atoms with Crippen molar-refractivity contribution in [2.75, 3.05) is 7.11 Å². The Bertz CT molecular complexity index is 1960. The summed E-state index contributed by atoms with van der Waals surface area (Å²) in [6, 6.07) is 11.8. The highest BCUT2D eigenvalue weighted by Gasteiger charge is 2.35. The molecule has 0 saturated carbocycles. The minimum absolute atomic E-state index is 0.134. The molecule has 0 unspecified atom stereocenters. The molecule has 0 bridgehead atoms. The van der Waals surface area contributed by atoms with E-state index in [-0.39, 0.29) is 22.4 Å². The molecule has 42 heavy (non-hydrogen) atoms. The van der Waals surface area contributed by atoms with Crippen LogP contribution in [0.25, 0.3) is 17.4 Å². The summed E-state index contributed by atoms with van der Waals surface area (Å²) >= 11 is 10.9. The molecule has 13 heteroatoms. The van der Waals surface area contributed by atoms with Crippen molar-refractivity contribution in [3.05, 3.63) is 110 Å². The molecule has 4 aromatic rings. The molecule has 0 fully saturated rings. The Morgan fingerprint density at radius 1 is 1.24 bits per heavy atom. The molecule has 0 N–H and O–H groups in total. The molecule has 0 aliphatic carbocycles. The fraction of sp³-hybridized carbons (Fsp3) is 0.207. The number of thiazole rings is 1. The fourth-order valence-electron chi connectivity index (χ4n) is 4.59. The summed E-state index contributed by atoms with van der Waals surface area (Å²) in [7, 11) is 1.52. The monoisotopic (exact) mass is 671 g/mol. The van der Waals surface area contributed by atoms with E-state index in [1.165, 1.54) is 29.9 Å². The average molecular weight is 673 g/mol. The highest BCUT2D eigenvalue weighted by molar-refractivity contribution is 9.10. The van der Waals surface area contributed by atoms with Gasteiger partial charge in [-0.1, -0.05) is 38.9 Å². The van der Waals surface area contributed by atoms with Gasteiger partial charge >= 0.3 is 5.97 Å². The van der Waals surface area contributed by atoms with Crippen molar-refractivity contribution >= 4 is 56.6 Å². The van der Waals surface area contributed by atoms with Gasteiger partial charge in [-0.3, -0.25) is 19.5 Å². The fourth-order valence-corrected chi connectivity index (χ4v) is 6.21. The molecule has 0 amide bonds. The van der Waals surface area contributed by atoms with E-state index in [1.54, 1.807) is 57.2 Å². The Morgan fingerprint density at radius 2 is 2.00 bits per heavy atom. The topological polar surface area (TPSA) is 126 Å². The maximum absolute atomic E-state index is 14.0. The number of benzene rings is 2. The number of aromatic nitrogens is 1. The molecule has 1 aliphatic rings. The maximum atomic E-state index is 14.0. The second kappa shape index (κ2) is 11.7. The van der Waals surface area contributed by atoms with Gasteiger partial charge in [-0.15, -0.1) is 0 Å². The molecule has 1 aliphatic heterocycles. The van der Waals surface area contributed by atoms with Gasteiger partial charge in [-0.25, -0.2) is 9.79 Å². The number of methoxy groups -OCH3 is 1. The van der Waals surface area contributed by atoms with Crippen LogP contribution in [-0.2, 0) is 9.53 Å². The van der Waals surface area contributed by atoms with Gasteiger partial charge in [0.15, 0.2) is 4.80 Å². The number of carbonyl (C=O) groups excluding carboxylic acids is 1. The number of furan rings is 1. The molecular formula is C29H23BrClN3O7S. The summed E-state index contributed by atoms with van der Waals surface area (Å²) in [5.74, 6) is 0.516. The molecular weight excluding hydrogens is 650 g/mol. The zero-order valence-corrected chi connectivity index (χ0v) is 25.9. The van der Waals surface area contributed by atoms with E-state index < -0.39 is 22.5 Å². The van der Waals surface area contributed by atoms with E-state index in [4.69, 9.17) is 25.5 Å². The van der Waals surface area contributed by atoms with Crippen LogP contribution in [0.15, 0.2) is 78.5 Å². The van der Waals surface area contributed by atoms with Gasteiger partial charge in [0.25, 0.3) is 11.2 Å². The predicted molar refractivity (Wildman–Crippen MR) is 161 cm³/mol. The van der Waals surface area contributed by atoms with Crippen LogP contribution in [0.2, 0.25) is 5.02 Å². The highest BCUT2D eigenvalue weighted by Crippen LogP contribution is 2.38. The zero-order chi connectivity index (χ0) is 30.3. The Morgan fingerprint density at radius 3 is 2.69 bits per heavy atom. The van der Waals surface area contributed by atoms with Crippen LogP contribution in [0, 0.1) is 10.1 Å². The van der Waals surface area contributed by atoms with Crippen molar-refractivity contribution < 1.29 is 23.6 Å². The summed E-state index contributed by atoms with van der Waals surface area (Å²) < 4.78 is 19.6. The number of ether oxygens (including phenoxy) is 2. The third-order valence-electron chi connectivity index (χ3n) is 6.40. The summed E-state index contributed by atoms with van der Waals surface area (Å²) in [6.45, 7) is 5.19. The van der Waals surface area contributed by atoms with Crippen LogP contribution in [-0.4, -0.2) is 28.7 Å². The van der Waals surface area contributed by atoms with Gasteiger partial charge in [0, 0.05) is 33.8 Å². The number of esters is 1. The Hall–Kier alpha value is -4.00. The summed E-state index contributed by atoms with van der Waals surface area (Å²) in [6.07, 6.45) is 1.17. The molecule has 1 atom stereocenters. The molecule has 216 valence electrons. The molecule has 0 saturated heterocycles. The van der Waals surface area contributed by atoms with Crippen molar-refractivity contribution in [2.24, 2.45) is 4.99 Å². The molecule has 2 aromatic carbocycles. The second-order valence-electron chi connectivity index (χ2n) is 9.55. The first kappa shape index (κ1) is 29.5. The number of fused-ring (bicyclic) bond motifs is 1. The number of nitrogens with zero attached hydrogens (tertiary/aromatic N) is 3. The van der Waals surface area contributed by atoms with Crippen molar-refractivity contribution in [2.45, 2.75) is 32.9 Å². The number of nitro groups is 1. The van der Waals surface area contributed by atoms with Crippen LogP contribution < -0.4 is 19.6 Å². The number of rotatable bonds is 7. The lowest BCUT2D eigenvalue weighted by Crippen LogP contribution is -2.40. The van der Waals surface area contributed by atoms with Crippen LogP contribution in [0.1, 0.15) is 38.1 Å². The number of halogens is 2. The molecule has 0 spiro atoms. The number of nitro benzene ring substituents is 1. The Labute approximate surface area is 256 Å². The number of hydrogen-bond donors (Lipinski definition) is 0. The lowest BCUT2D eigenvalue weighted by molar-refractivity contribution is -0.384. The smallest absolute Gasteiger partial charge is 0.338 e. The predicted octanol–water partition coefficient (Wildman–Crippen LogP) is 5.78. The van der Waals surface area contributed by atoms with Gasteiger partial charge < -0.3 is 13.9 Å². The Balaban J connectivity index is 1.67. The zero-order valence-electron chi connectivity index (χ0n) is 22.7. The normalized spacial score (nSPS) is 15.0. The average Bonchev–Trinajstić information content (AvgIpc) is 3.51. The van der Waals surface area contributed by atoms with E-state index >= 15 is 0 Å². The van der Waals surface area contributed by atoms with Crippen molar-refractivity contribution in [3.8, 4) is 17.1 Å². The standard InChI is InChI=1S/C29H23BrClN3O7S/c1-14(2)40-28(36)25-15(3)32-29-33(26(25)20-11-16(30)5-9-22(20)39-4)27(35)24(42-29)13-18-7-10-23(41-18)19-12-17(34(37)38)6-8-21(19)31/h5-14,26H,1-4H3/b24-13-/t26-/m0/s1. The summed E-state index contributed by atoms with van der Waals surface area (Å²) in [5.41, 5.74) is 1.02. The van der Waals surface area contributed by atoms with Gasteiger partial charge in [-0.2, -0.15) is 0 Å². The van der Waals surface area contributed by atoms with Gasteiger partial charge in [-0.05, 0) is 57.2 Å². The minimum Gasteiger partial charge on any atom is -0.496 e. The van der Waals surface area contributed by atoms with E-state index in [1.807, 2.05) is 0 Å². The highest BCUT2D eigenvalue weighted by atomic mass is 79.9. The van der Waals surface area contributed by atoms with Crippen LogP contribution >= 0.6 is 38.9 Å². The number of carbonyl (C=O) groups is 1. The first-order valence-electron chi connectivity index (χ1n) is 12.6. The maximum Gasteiger partial charge on any atom is 0.338 e. The molecule has 3 heterocycles. The Kier molecular flexibility index (Phi) is 8.22. The van der Waals surface area contributed by atoms with Gasteiger partial charge in [0.1, 0.15) is 23.3 Å². The molecule has 0 radical (unpaired) electrons. The minimum atomic E-state index is -0.877. The van der Waals surface area contributed by atoms with Crippen LogP contribution in [0.3, 0.4) is 0 Å². The number of non-ortho nitro benzene ring substituents is 1. The van der Waals surface area contributed by atoms with E-state index in [0.29, 0.717) is 43.4 Å².